The number of allylic oxidation sites excluding steroid dienone is 10. The third-order valence-electron chi connectivity index (χ3n) is 12.1. The molecule has 1 aromatic carbocycles. The number of carbonyl (C=O) groups is 2. The van der Waals surface area contributed by atoms with E-state index in [0.29, 0.717) is 35.2 Å². The van der Waals surface area contributed by atoms with Crippen LogP contribution in [0.3, 0.4) is 0 Å². The highest BCUT2D eigenvalue weighted by Gasteiger charge is 2.33. The summed E-state index contributed by atoms with van der Waals surface area (Å²) in [5, 5.41) is 0. The topological polar surface area (TPSA) is 34.1 Å². The molecule has 4 fully saturated rings. The van der Waals surface area contributed by atoms with Crippen LogP contribution in [0.15, 0.2) is 82.0 Å². The molecule has 0 aliphatic heterocycles. The van der Waals surface area contributed by atoms with Crippen LogP contribution >= 0.6 is 0 Å². The van der Waals surface area contributed by atoms with Crippen LogP contribution in [0.1, 0.15) is 140 Å². The van der Waals surface area contributed by atoms with Gasteiger partial charge in [-0.2, -0.15) is 0 Å². The van der Waals surface area contributed by atoms with Crippen molar-refractivity contribution < 1.29 is 9.59 Å². The van der Waals surface area contributed by atoms with Crippen LogP contribution in [0, 0.1) is 23.7 Å². The van der Waals surface area contributed by atoms with Crippen molar-refractivity contribution in [3.63, 3.8) is 0 Å². The lowest BCUT2D eigenvalue weighted by atomic mass is 9.73. The summed E-state index contributed by atoms with van der Waals surface area (Å²) in [5.41, 5.74) is 9.09. The van der Waals surface area contributed by atoms with E-state index >= 15 is 0 Å². The van der Waals surface area contributed by atoms with Gasteiger partial charge in [-0.05, 0) is 134 Å². The molecule has 0 heterocycles. The molecule has 2 heteroatoms. The molecule has 6 aliphatic rings. The smallest absolute Gasteiger partial charge is 0.185 e. The summed E-state index contributed by atoms with van der Waals surface area (Å²) in [5.74, 6) is 2.39. The van der Waals surface area contributed by atoms with Crippen molar-refractivity contribution in [2.24, 2.45) is 23.7 Å². The van der Waals surface area contributed by atoms with Crippen molar-refractivity contribution in [3.8, 4) is 0 Å². The maximum absolute atomic E-state index is 13.8. The molecule has 242 valence electrons. The van der Waals surface area contributed by atoms with Crippen LogP contribution in [-0.4, -0.2) is 11.6 Å². The van der Waals surface area contributed by atoms with Crippen LogP contribution < -0.4 is 0 Å². The standard InChI is InChI=1S/C44H54O2/c45-43-39(35-13-5-1-6-14-35)27-33(28-40(43)36-15-7-2-8-16-36)25-31-21-23-32(24-22-31)26-34-29-41(37-17-9-3-10-18-37)44(46)42(30-34)38-19-11-4-12-20-38/h21-30,35-38H,1-20H2. The van der Waals surface area contributed by atoms with Gasteiger partial charge in [-0.15, -0.1) is 0 Å². The second-order valence-electron chi connectivity index (χ2n) is 15.4. The first-order valence-corrected chi connectivity index (χ1v) is 19.1. The molecule has 0 bridgehead atoms. The van der Waals surface area contributed by atoms with Gasteiger partial charge in [0.1, 0.15) is 0 Å². The zero-order valence-electron chi connectivity index (χ0n) is 28.0. The summed E-state index contributed by atoms with van der Waals surface area (Å²) in [7, 11) is 0. The van der Waals surface area contributed by atoms with Crippen molar-refractivity contribution in [1.29, 1.82) is 0 Å². The SMILES string of the molecule is O=C1C(C2CCCCC2)=CC(=Cc2ccc(C=C3C=C(C4CCCCC4)C(=O)C(C4CCCCC4)=C3)cc2)C=C1C1CCCCC1. The van der Waals surface area contributed by atoms with Crippen molar-refractivity contribution in [2.45, 2.75) is 128 Å². The monoisotopic (exact) mass is 614 g/mol. The minimum absolute atomic E-state index is 0.352. The number of benzene rings is 1. The Morgan fingerprint density at radius 3 is 0.848 bits per heavy atom. The van der Waals surface area contributed by atoms with Crippen LogP contribution in [-0.2, 0) is 9.59 Å². The van der Waals surface area contributed by atoms with E-state index in [9.17, 15) is 9.59 Å². The Hall–Kier alpha value is -3.00. The van der Waals surface area contributed by atoms with Gasteiger partial charge >= 0.3 is 0 Å². The van der Waals surface area contributed by atoms with E-state index in [4.69, 9.17) is 0 Å². The van der Waals surface area contributed by atoms with E-state index in [0.717, 1.165) is 73.7 Å². The van der Waals surface area contributed by atoms with E-state index in [-0.39, 0.29) is 0 Å². The molecule has 1 aromatic rings. The number of hydrogen-bond donors (Lipinski definition) is 0. The molecule has 46 heavy (non-hydrogen) atoms. The van der Waals surface area contributed by atoms with E-state index in [1.807, 2.05) is 0 Å². The second kappa shape index (κ2) is 14.8. The average molecular weight is 615 g/mol. The van der Waals surface area contributed by atoms with E-state index in [1.54, 1.807) is 0 Å². The third kappa shape index (κ3) is 7.27. The molecule has 0 spiro atoms. The van der Waals surface area contributed by atoms with Gasteiger partial charge in [0.2, 0.25) is 0 Å². The van der Waals surface area contributed by atoms with Crippen molar-refractivity contribution in [1.82, 2.24) is 0 Å². The molecule has 0 atom stereocenters. The zero-order chi connectivity index (χ0) is 31.3. The van der Waals surface area contributed by atoms with Gasteiger partial charge in [0.05, 0.1) is 0 Å². The fourth-order valence-electron chi connectivity index (χ4n) is 9.50. The highest BCUT2D eigenvalue weighted by molar-refractivity contribution is 6.12. The van der Waals surface area contributed by atoms with Gasteiger partial charge in [0, 0.05) is 22.3 Å². The summed E-state index contributed by atoms with van der Waals surface area (Å²) in [6.07, 6.45) is 38.0. The van der Waals surface area contributed by atoms with Crippen LogP contribution in [0.4, 0.5) is 0 Å². The number of Topliss-reactive ketones (excluding diaryl/α,β-unsaturated/α-hetero) is 2. The van der Waals surface area contributed by atoms with Crippen molar-refractivity contribution in [3.05, 3.63) is 93.1 Å². The van der Waals surface area contributed by atoms with E-state index < -0.39 is 0 Å². The fourth-order valence-corrected chi connectivity index (χ4v) is 9.50. The van der Waals surface area contributed by atoms with E-state index in [1.165, 1.54) is 99.3 Å². The molecule has 6 aliphatic carbocycles. The predicted octanol–water partition coefficient (Wildman–Crippen LogP) is 11.6. The van der Waals surface area contributed by atoms with Gasteiger partial charge in [0.15, 0.2) is 11.6 Å². The maximum atomic E-state index is 13.8. The van der Waals surface area contributed by atoms with Gasteiger partial charge < -0.3 is 0 Å². The Bertz CT molecular complexity index is 1270. The minimum atomic E-state index is 0.352. The maximum Gasteiger partial charge on any atom is 0.185 e. The Morgan fingerprint density at radius 1 is 0.370 bits per heavy atom. The third-order valence-corrected chi connectivity index (χ3v) is 12.1. The van der Waals surface area contributed by atoms with Crippen LogP contribution in [0.5, 0.6) is 0 Å². The lowest BCUT2D eigenvalue weighted by Gasteiger charge is -2.31. The van der Waals surface area contributed by atoms with Crippen LogP contribution in [0.25, 0.3) is 12.2 Å². The molecule has 0 N–H and O–H groups in total. The second-order valence-corrected chi connectivity index (χ2v) is 15.4. The van der Waals surface area contributed by atoms with E-state index in [2.05, 4.69) is 60.7 Å². The Kier molecular flexibility index (Phi) is 10.2. The van der Waals surface area contributed by atoms with Crippen molar-refractivity contribution >= 4 is 23.7 Å². The Balaban J connectivity index is 1.16. The first-order valence-electron chi connectivity index (χ1n) is 19.1. The molecule has 0 unspecified atom stereocenters. The fraction of sp³-hybridized carbons (Fsp3) is 0.545. The molecule has 0 radical (unpaired) electrons. The molecule has 2 nitrogen and oxygen atoms in total. The average Bonchev–Trinajstić information content (AvgIpc) is 3.12. The molecular weight excluding hydrogens is 560 g/mol. The highest BCUT2D eigenvalue weighted by Crippen LogP contribution is 2.41. The summed E-state index contributed by atoms with van der Waals surface area (Å²) in [4.78, 5) is 27.6. The molecular formula is C44H54O2. The lowest BCUT2D eigenvalue weighted by molar-refractivity contribution is -0.114. The lowest BCUT2D eigenvalue weighted by Crippen LogP contribution is -2.25. The summed E-state index contributed by atoms with van der Waals surface area (Å²) < 4.78 is 0. The summed E-state index contributed by atoms with van der Waals surface area (Å²) in [6.45, 7) is 0. The normalized spacial score (nSPS) is 24.7. The summed E-state index contributed by atoms with van der Waals surface area (Å²) >= 11 is 0. The minimum Gasteiger partial charge on any atom is -0.289 e. The first-order chi connectivity index (χ1) is 22.6. The largest absolute Gasteiger partial charge is 0.289 e. The van der Waals surface area contributed by atoms with Gasteiger partial charge in [-0.25, -0.2) is 0 Å². The van der Waals surface area contributed by atoms with Gasteiger partial charge in [0.25, 0.3) is 0 Å². The van der Waals surface area contributed by atoms with Gasteiger partial charge in [-0.1, -0.05) is 101 Å². The molecule has 0 amide bonds. The molecule has 4 saturated carbocycles. The highest BCUT2D eigenvalue weighted by atomic mass is 16.1. The Morgan fingerprint density at radius 2 is 0.609 bits per heavy atom. The molecule has 7 rings (SSSR count). The molecule has 0 saturated heterocycles. The number of carbonyl (C=O) groups excluding carboxylic acids is 2. The zero-order valence-corrected chi connectivity index (χ0v) is 28.0. The number of rotatable bonds is 6. The predicted molar refractivity (Wildman–Crippen MR) is 191 cm³/mol. The van der Waals surface area contributed by atoms with Crippen LogP contribution in [0.2, 0.25) is 0 Å². The first kappa shape index (κ1) is 31.6. The molecule has 0 aromatic heterocycles. The number of hydrogen-bond acceptors (Lipinski definition) is 2. The summed E-state index contributed by atoms with van der Waals surface area (Å²) in [6, 6.07) is 8.90. The van der Waals surface area contributed by atoms with Crippen molar-refractivity contribution in [2.75, 3.05) is 0 Å². The Labute approximate surface area is 277 Å². The number of ketones is 2. The van der Waals surface area contributed by atoms with Gasteiger partial charge in [-0.3, -0.25) is 9.59 Å². The quantitative estimate of drug-likeness (QED) is 0.319.